The highest BCUT2D eigenvalue weighted by Gasteiger charge is 2.13. The molecule has 5 nitrogen and oxygen atoms in total. The second-order valence-corrected chi connectivity index (χ2v) is 5.30. The molecule has 2 heterocycles. The number of nitrogen functional groups attached to an aromatic ring is 1. The Kier molecular flexibility index (Phi) is 3.73. The van der Waals surface area contributed by atoms with Gasteiger partial charge in [-0.2, -0.15) is 0 Å². The van der Waals surface area contributed by atoms with Crippen molar-refractivity contribution in [3.8, 4) is 11.6 Å². The van der Waals surface area contributed by atoms with E-state index in [1.165, 1.54) is 10.2 Å². The molecule has 102 valence electrons. The molecule has 0 aliphatic carbocycles. The molecule has 0 atom stereocenters. The van der Waals surface area contributed by atoms with Crippen molar-refractivity contribution in [2.24, 2.45) is 0 Å². The first kappa shape index (κ1) is 12.8. The molecule has 0 radical (unpaired) electrons. The quantitative estimate of drug-likeness (QED) is 0.576. The van der Waals surface area contributed by atoms with Crippen LogP contribution in [0.2, 0.25) is 0 Å². The molecule has 0 amide bonds. The fourth-order valence-electron chi connectivity index (χ4n) is 1.85. The van der Waals surface area contributed by atoms with Crippen LogP contribution in [-0.2, 0) is 6.42 Å². The van der Waals surface area contributed by atoms with Crippen molar-refractivity contribution >= 4 is 11.8 Å². The van der Waals surface area contributed by atoms with E-state index in [1.807, 2.05) is 24.3 Å². The molecular weight excluding hydrogens is 272 g/mol. The van der Waals surface area contributed by atoms with Gasteiger partial charge >= 0.3 is 0 Å². The third-order valence-electron chi connectivity index (χ3n) is 2.87. The van der Waals surface area contributed by atoms with Crippen LogP contribution in [0.15, 0.2) is 58.3 Å². The van der Waals surface area contributed by atoms with Gasteiger partial charge in [-0.3, -0.25) is 0 Å². The molecule has 2 N–H and O–H groups in total. The summed E-state index contributed by atoms with van der Waals surface area (Å²) in [5, 5.41) is 8.84. The highest BCUT2D eigenvalue weighted by atomic mass is 32.2. The summed E-state index contributed by atoms with van der Waals surface area (Å²) in [4.78, 5) is 0. The van der Waals surface area contributed by atoms with Gasteiger partial charge in [-0.25, -0.2) is 4.68 Å². The summed E-state index contributed by atoms with van der Waals surface area (Å²) >= 11 is 1.58. The molecule has 0 aliphatic rings. The van der Waals surface area contributed by atoms with Crippen LogP contribution < -0.4 is 5.84 Å². The maximum atomic E-state index is 5.98. The lowest BCUT2D eigenvalue weighted by Gasteiger charge is -2.02. The first-order valence-electron chi connectivity index (χ1n) is 6.25. The van der Waals surface area contributed by atoms with E-state index < -0.39 is 0 Å². The molecule has 0 saturated heterocycles. The molecular formula is C14H14N4OS. The fraction of sp³-hybridized carbons (Fsp3) is 0.143. The smallest absolute Gasteiger partial charge is 0.218 e. The Bertz CT molecular complexity index is 664. The number of hydrogen-bond donors (Lipinski definition) is 1. The Balaban J connectivity index is 1.64. The van der Waals surface area contributed by atoms with Crippen molar-refractivity contribution < 1.29 is 4.42 Å². The van der Waals surface area contributed by atoms with Gasteiger partial charge in [-0.05, 0) is 24.1 Å². The lowest BCUT2D eigenvalue weighted by molar-refractivity contribution is 0.574. The zero-order valence-corrected chi connectivity index (χ0v) is 11.6. The minimum absolute atomic E-state index is 0.539. The van der Waals surface area contributed by atoms with E-state index in [0.29, 0.717) is 16.7 Å². The molecule has 2 aromatic heterocycles. The zero-order chi connectivity index (χ0) is 13.8. The number of hydrogen-bond acceptors (Lipinski definition) is 5. The molecule has 0 aliphatic heterocycles. The number of thioether (sulfide) groups is 1. The van der Waals surface area contributed by atoms with Crippen molar-refractivity contribution in [1.29, 1.82) is 0 Å². The lowest BCUT2D eigenvalue weighted by atomic mass is 10.2. The zero-order valence-electron chi connectivity index (χ0n) is 10.8. The monoisotopic (exact) mass is 286 g/mol. The molecule has 3 rings (SSSR count). The van der Waals surface area contributed by atoms with Crippen molar-refractivity contribution in [3.63, 3.8) is 0 Å². The minimum atomic E-state index is 0.539. The molecule has 20 heavy (non-hydrogen) atoms. The summed E-state index contributed by atoms with van der Waals surface area (Å²) in [5.41, 5.74) is 1.30. The molecule has 0 bridgehead atoms. The highest BCUT2D eigenvalue weighted by molar-refractivity contribution is 7.99. The Morgan fingerprint density at radius 1 is 1.10 bits per heavy atom. The summed E-state index contributed by atoms with van der Waals surface area (Å²) in [6, 6.07) is 13.9. The predicted molar refractivity (Wildman–Crippen MR) is 78.7 cm³/mol. The molecule has 0 unspecified atom stereocenters. The number of rotatable bonds is 5. The standard InChI is InChI=1S/C14H14N4OS/c15-18-13(12-7-4-9-19-12)16-17-14(18)20-10-8-11-5-2-1-3-6-11/h1-7,9H,8,10,15H2. The van der Waals surface area contributed by atoms with E-state index in [-0.39, 0.29) is 0 Å². The van der Waals surface area contributed by atoms with Crippen molar-refractivity contribution in [3.05, 3.63) is 54.3 Å². The fourth-order valence-corrected chi connectivity index (χ4v) is 2.70. The van der Waals surface area contributed by atoms with Gasteiger partial charge < -0.3 is 10.3 Å². The number of nitrogens with two attached hydrogens (primary N) is 1. The highest BCUT2D eigenvalue weighted by Crippen LogP contribution is 2.22. The predicted octanol–water partition coefficient (Wildman–Crippen LogP) is 2.59. The molecule has 3 aromatic rings. The second-order valence-electron chi connectivity index (χ2n) is 4.24. The van der Waals surface area contributed by atoms with Crippen LogP contribution in [0, 0.1) is 0 Å². The van der Waals surface area contributed by atoms with Gasteiger partial charge in [-0.15, -0.1) is 10.2 Å². The third-order valence-corrected chi connectivity index (χ3v) is 3.82. The van der Waals surface area contributed by atoms with E-state index in [4.69, 9.17) is 10.3 Å². The van der Waals surface area contributed by atoms with E-state index in [0.717, 1.165) is 12.2 Å². The van der Waals surface area contributed by atoms with Crippen LogP contribution in [-0.4, -0.2) is 20.6 Å². The molecule has 6 heteroatoms. The molecule has 1 aromatic carbocycles. The van der Waals surface area contributed by atoms with E-state index in [9.17, 15) is 0 Å². The van der Waals surface area contributed by atoms with E-state index in [2.05, 4.69) is 22.3 Å². The van der Waals surface area contributed by atoms with Crippen LogP contribution in [0.4, 0.5) is 0 Å². The average molecular weight is 286 g/mol. The number of benzene rings is 1. The summed E-state index contributed by atoms with van der Waals surface area (Å²) in [7, 11) is 0. The number of aromatic nitrogens is 3. The summed E-state index contributed by atoms with van der Waals surface area (Å²) < 4.78 is 6.74. The second kappa shape index (κ2) is 5.83. The van der Waals surface area contributed by atoms with Gasteiger partial charge in [0.1, 0.15) is 0 Å². The van der Waals surface area contributed by atoms with Gasteiger partial charge in [0, 0.05) is 5.75 Å². The van der Waals surface area contributed by atoms with Gasteiger partial charge in [-0.1, -0.05) is 42.1 Å². The SMILES string of the molecule is Nn1c(SCCc2ccccc2)nnc1-c1ccco1. The number of furan rings is 1. The maximum Gasteiger partial charge on any atom is 0.218 e. The van der Waals surface area contributed by atoms with Crippen LogP contribution in [0.5, 0.6) is 0 Å². The summed E-state index contributed by atoms with van der Waals surface area (Å²) in [6.07, 6.45) is 2.56. The van der Waals surface area contributed by atoms with Crippen LogP contribution >= 0.6 is 11.8 Å². The van der Waals surface area contributed by atoms with Crippen molar-refractivity contribution in [2.75, 3.05) is 11.6 Å². The first-order valence-corrected chi connectivity index (χ1v) is 7.24. The summed E-state index contributed by atoms with van der Waals surface area (Å²) in [6.45, 7) is 0. The van der Waals surface area contributed by atoms with Gasteiger partial charge in [0.2, 0.25) is 11.0 Å². The molecule has 0 spiro atoms. The Labute approximate surface area is 120 Å². The lowest BCUT2D eigenvalue weighted by Crippen LogP contribution is -2.11. The van der Waals surface area contributed by atoms with Crippen LogP contribution in [0.3, 0.4) is 0 Å². The summed E-state index contributed by atoms with van der Waals surface area (Å²) in [5.74, 6) is 8.04. The van der Waals surface area contributed by atoms with Gasteiger partial charge in [0.05, 0.1) is 6.26 Å². The minimum Gasteiger partial charge on any atom is -0.461 e. The number of aryl methyl sites for hydroxylation is 1. The number of nitrogens with zero attached hydrogens (tertiary/aromatic N) is 3. The van der Waals surface area contributed by atoms with Crippen LogP contribution in [0.25, 0.3) is 11.6 Å². The van der Waals surface area contributed by atoms with E-state index >= 15 is 0 Å². The Morgan fingerprint density at radius 3 is 2.70 bits per heavy atom. The van der Waals surface area contributed by atoms with E-state index in [1.54, 1.807) is 24.1 Å². The third kappa shape index (κ3) is 2.70. The molecule has 0 fully saturated rings. The maximum absolute atomic E-state index is 5.98. The Hall–Kier alpha value is -2.21. The van der Waals surface area contributed by atoms with Crippen LogP contribution in [0.1, 0.15) is 5.56 Å². The topological polar surface area (TPSA) is 69.9 Å². The molecule has 0 saturated carbocycles. The van der Waals surface area contributed by atoms with Gasteiger partial charge in [0.25, 0.3) is 0 Å². The van der Waals surface area contributed by atoms with Gasteiger partial charge in [0.15, 0.2) is 5.76 Å². The van der Waals surface area contributed by atoms with Crippen molar-refractivity contribution in [2.45, 2.75) is 11.6 Å². The normalized spacial score (nSPS) is 10.8. The average Bonchev–Trinajstić information content (AvgIpc) is 3.11. The first-order chi connectivity index (χ1) is 9.84. The largest absolute Gasteiger partial charge is 0.461 e. The van der Waals surface area contributed by atoms with Crippen molar-refractivity contribution in [1.82, 2.24) is 14.9 Å². The Morgan fingerprint density at radius 2 is 1.95 bits per heavy atom.